The first kappa shape index (κ1) is 24.9. The summed E-state index contributed by atoms with van der Waals surface area (Å²) in [7, 11) is 0. The lowest BCUT2D eigenvalue weighted by Gasteiger charge is -2.21. The molecule has 0 fully saturated rings. The monoisotopic (exact) mass is 371 g/mol. The fourth-order valence-corrected chi connectivity index (χ4v) is 2.94. The quantitative estimate of drug-likeness (QED) is 0.255. The molecule has 5 nitrogen and oxygen atoms in total. The van der Waals surface area contributed by atoms with Crippen LogP contribution in [0.1, 0.15) is 97.3 Å². The maximum absolute atomic E-state index is 11.7. The molecule has 26 heavy (non-hydrogen) atoms. The highest BCUT2D eigenvalue weighted by atomic mass is 16.5. The van der Waals surface area contributed by atoms with E-state index in [9.17, 15) is 9.59 Å². The van der Waals surface area contributed by atoms with Gasteiger partial charge in [-0.05, 0) is 32.4 Å². The molecule has 0 aliphatic heterocycles. The smallest absolute Gasteiger partial charge is 0.305 e. The number of ether oxygens (including phenoxy) is 1. The fourth-order valence-electron chi connectivity index (χ4n) is 2.94. The highest BCUT2D eigenvalue weighted by molar-refractivity contribution is 5.69. The average Bonchev–Trinajstić information content (AvgIpc) is 2.61. The van der Waals surface area contributed by atoms with Crippen LogP contribution in [0.3, 0.4) is 0 Å². The number of aliphatic carboxylic acids is 1. The maximum Gasteiger partial charge on any atom is 0.305 e. The molecule has 154 valence electrons. The Morgan fingerprint density at radius 3 is 1.96 bits per heavy atom. The normalized spacial score (nSPS) is 11.0. The summed E-state index contributed by atoms with van der Waals surface area (Å²) in [6.45, 7) is 7.13. The van der Waals surface area contributed by atoms with E-state index in [1.807, 2.05) is 0 Å². The lowest BCUT2D eigenvalue weighted by atomic mass is 10.1. The zero-order valence-corrected chi connectivity index (χ0v) is 17.1. The maximum atomic E-state index is 11.7. The largest absolute Gasteiger partial charge is 0.481 e. The molecule has 0 saturated carbocycles. The molecule has 0 aromatic heterocycles. The van der Waals surface area contributed by atoms with Gasteiger partial charge in [-0.25, -0.2) is 0 Å². The van der Waals surface area contributed by atoms with Gasteiger partial charge >= 0.3 is 11.9 Å². The first-order valence-electron chi connectivity index (χ1n) is 10.7. The molecule has 0 aromatic rings. The molecule has 0 aliphatic rings. The number of hydrogen-bond acceptors (Lipinski definition) is 4. The van der Waals surface area contributed by atoms with Crippen LogP contribution in [0.5, 0.6) is 0 Å². The van der Waals surface area contributed by atoms with Crippen molar-refractivity contribution >= 4 is 11.9 Å². The molecule has 0 aromatic carbocycles. The van der Waals surface area contributed by atoms with Crippen LogP contribution in [-0.2, 0) is 14.3 Å². The van der Waals surface area contributed by atoms with E-state index in [0.29, 0.717) is 19.6 Å². The van der Waals surface area contributed by atoms with Crippen LogP contribution in [0.15, 0.2) is 0 Å². The highest BCUT2D eigenvalue weighted by Crippen LogP contribution is 2.09. The van der Waals surface area contributed by atoms with Gasteiger partial charge in [-0.3, -0.25) is 9.59 Å². The van der Waals surface area contributed by atoms with E-state index < -0.39 is 5.97 Å². The molecule has 0 saturated heterocycles. The van der Waals surface area contributed by atoms with Crippen molar-refractivity contribution in [2.24, 2.45) is 0 Å². The van der Waals surface area contributed by atoms with Gasteiger partial charge in [-0.1, -0.05) is 65.2 Å². The Morgan fingerprint density at radius 1 is 0.731 bits per heavy atom. The van der Waals surface area contributed by atoms with Crippen molar-refractivity contribution < 1.29 is 19.4 Å². The van der Waals surface area contributed by atoms with E-state index >= 15 is 0 Å². The van der Waals surface area contributed by atoms with Crippen molar-refractivity contribution in [3.05, 3.63) is 0 Å². The Balaban J connectivity index is 3.87. The van der Waals surface area contributed by atoms with Crippen LogP contribution in [-0.4, -0.2) is 48.2 Å². The Morgan fingerprint density at radius 2 is 1.31 bits per heavy atom. The number of carboxylic acid groups (broad SMARTS) is 1. The first-order valence-corrected chi connectivity index (χ1v) is 10.7. The van der Waals surface area contributed by atoms with E-state index in [1.54, 1.807) is 0 Å². The number of rotatable bonds is 19. The first-order chi connectivity index (χ1) is 12.6. The van der Waals surface area contributed by atoms with Crippen LogP contribution >= 0.6 is 0 Å². The number of carbonyl (C=O) groups excluding carboxylic acids is 1. The molecular formula is C21H41NO4. The number of nitrogens with zero attached hydrogens (tertiary/aromatic N) is 1. The minimum absolute atomic E-state index is 0.129. The third-order valence-corrected chi connectivity index (χ3v) is 4.59. The van der Waals surface area contributed by atoms with Crippen LogP contribution in [0.2, 0.25) is 0 Å². The zero-order chi connectivity index (χ0) is 19.5. The summed E-state index contributed by atoms with van der Waals surface area (Å²) in [5.41, 5.74) is 0. The molecule has 0 amide bonds. The van der Waals surface area contributed by atoms with Crippen molar-refractivity contribution in [2.45, 2.75) is 97.3 Å². The average molecular weight is 372 g/mol. The van der Waals surface area contributed by atoms with E-state index in [2.05, 4.69) is 18.7 Å². The second-order valence-corrected chi connectivity index (χ2v) is 7.14. The van der Waals surface area contributed by atoms with Gasteiger partial charge in [0.2, 0.25) is 0 Å². The van der Waals surface area contributed by atoms with Gasteiger partial charge in [0.1, 0.15) is 0 Å². The number of carbonyl (C=O) groups is 2. The van der Waals surface area contributed by atoms with Crippen LogP contribution in [0, 0.1) is 0 Å². The molecular weight excluding hydrogens is 330 g/mol. The van der Waals surface area contributed by atoms with Crippen molar-refractivity contribution in [3.8, 4) is 0 Å². The summed E-state index contributed by atoms with van der Waals surface area (Å²) >= 11 is 0. The van der Waals surface area contributed by atoms with E-state index in [-0.39, 0.29) is 12.4 Å². The molecule has 0 bridgehead atoms. The number of unbranched alkanes of at least 4 members (excludes halogenated alkanes) is 8. The lowest BCUT2D eigenvalue weighted by Crippen LogP contribution is -2.29. The summed E-state index contributed by atoms with van der Waals surface area (Å²) in [5.74, 6) is -0.889. The minimum Gasteiger partial charge on any atom is -0.481 e. The number of hydrogen-bond donors (Lipinski definition) is 1. The Hall–Kier alpha value is -1.10. The van der Waals surface area contributed by atoms with Crippen molar-refractivity contribution in [1.29, 1.82) is 0 Å². The van der Waals surface area contributed by atoms with Crippen LogP contribution < -0.4 is 0 Å². The molecule has 0 aliphatic carbocycles. The second-order valence-electron chi connectivity index (χ2n) is 7.14. The van der Waals surface area contributed by atoms with Crippen molar-refractivity contribution in [2.75, 3.05) is 26.2 Å². The van der Waals surface area contributed by atoms with Gasteiger partial charge in [0.25, 0.3) is 0 Å². The molecule has 0 unspecified atom stereocenters. The third kappa shape index (κ3) is 17.7. The lowest BCUT2D eigenvalue weighted by molar-refractivity contribution is -0.144. The molecule has 0 heterocycles. The second kappa shape index (κ2) is 18.7. The predicted molar refractivity (Wildman–Crippen MR) is 106 cm³/mol. The van der Waals surface area contributed by atoms with Gasteiger partial charge in [-0.2, -0.15) is 0 Å². The molecule has 0 rings (SSSR count). The number of esters is 1. The molecule has 1 N–H and O–H groups in total. The van der Waals surface area contributed by atoms with Crippen LogP contribution in [0.4, 0.5) is 0 Å². The standard InChI is InChI=1S/C21H41NO4/c1-3-5-7-8-9-10-11-16-22(18-15-20(23)24)17-13-14-21(25)26-19-12-6-4-2/h3-19H2,1-2H3,(H,23,24). The highest BCUT2D eigenvalue weighted by Gasteiger charge is 2.09. The van der Waals surface area contributed by atoms with E-state index in [0.717, 1.165) is 45.2 Å². The molecule has 0 atom stereocenters. The van der Waals surface area contributed by atoms with Gasteiger partial charge in [0.05, 0.1) is 13.0 Å². The van der Waals surface area contributed by atoms with Crippen LogP contribution in [0.25, 0.3) is 0 Å². The van der Waals surface area contributed by atoms with Crippen molar-refractivity contribution in [1.82, 2.24) is 4.90 Å². The predicted octanol–water partition coefficient (Wildman–Crippen LogP) is 5.03. The summed E-state index contributed by atoms with van der Waals surface area (Å²) in [4.78, 5) is 24.7. The van der Waals surface area contributed by atoms with Crippen molar-refractivity contribution in [3.63, 3.8) is 0 Å². The SMILES string of the molecule is CCCCCCCCCN(CCCC(=O)OCCCCC)CCC(=O)O. The summed E-state index contributed by atoms with van der Waals surface area (Å²) in [6.07, 6.45) is 13.2. The van der Waals surface area contributed by atoms with E-state index in [1.165, 1.54) is 38.5 Å². The Bertz CT molecular complexity index is 347. The van der Waals surface area contributed by atoms with Gasteiger partial charge in [-0.15, -0.1) is 0 Å². The zero-order valence-electron chi connectivity index (χ0n) is 17.1. The third-order valence-electron chi connectivity index (χ3n) is 4.59. The summed E-state index contributed by atoms with van der Waals surface area (Å²) < 4.78 is 5.22. The molecule has 0 radical (unpaired) electrons. The topological polar surface area (TPSA) is 66.8 Å². The number of carboxylic acids is 1. The molecule has 0 spiro atoms. The molecule has 5 heteroatoms. The minimum atomic E-state index is -0.759. The van der Waals surface area contributed by atoms with Gasteiger partial charge in [0, 0.05) is 13.0 Å². The van der Waals surface area contributed by atoms with E-state index in [4.69, 9.17) is 9.84 Å². The summed E-state index contributed by atoms with van der Waals surface area (Å²) in [6, 6.07) is 0. The Kier molecular flexibility index (Phi) is 17.9. The van der Waals surface area contributed by atoms with Gasteiger partial charge < -0.3 is 14.7 Å². The Labute approximate surface area is 160 Å². The fraction of sp³-hybridized carbons (Fsp3) is 0.905. The van der Waals surface area contributed by atoms with Gasteiger partial charge in [0.15, 0.2) is 0 Å². The summed E-state index contributed by atoms with van der Waals surface area (Å²) in [5, 5.41) is 8.91.